The van der Waals surface area contributed by atoms with Crippen molar-refractivity contribution in [1.82, 2.24) is 0 Å². The zero-order valence-corrected chi connectivity index (χ0v) is 22.7. The van der Waals surface area contributed by atoms with E-state index in [4.69, 9.17) is 33.6 Å². The van der Waals surface area contributed by atoms with Gasteiger partial charge in [-0.2, -0.15) is 0 Å². The third-order valence-corrected chi connectivity index (χ3v) is 6.81. The molecule has 0 aliphatic heterocycles. The second-order valence-electron chi connectivity index (χ2n) is 8.93. The number of methoxy groups -OCH3 is 4. The minimum Gasteiger partial charge on any atom is -0.493 e. The van der Waals surface area contributed by atoms with Crippen LogP contribution in [0.15, 0.2) is 30.3 Å². The van der Waals surface area contributed by atoms with Gasteiger partial charge in [-0.1, -0.05) is 10.7 Å². The number of ether oxygens (including phenoxy) is 4. The van der Waals surface area contributed by atoms with Gasteiger partial charge < -0.3 is 38.5 Å². The number of carbonyl (C=O) groups excluding carboxylic acids is 1. The quantitative estimate of drug-likeness (QED) is 0.186. The van der Waals surface area contributed by atoms with Crippen molar-refractivity contribution in [3.05, 3.63) is 41.5 Å². The molecule has 0 aromatic heterocycles. The van der Waals surface area contributed by atoms with Crippen LogP contribution in [0.25, 0.3) is 0 Å². The average Bonchev–Trinajstić information content (AvgIpc) is 2.89. The molecule has 1 aliphatic rings. The van der Waals surface area contributed by atoms with E-state index in [2.05, 4.69) is 4.67 Å². The maximum Gasteiger partial charge on any atom is 0.505 e. The largest absolute Gasteiger partial charge is 0.505 e. The van der Waals surface area contributed by atoms with Crippen LogP contribution in [0.2, 0.25) is 0 Å². The summed E-state index contributed by atoms with van der Waals surface area (Å²) in [7, 11) is 4.76. The van der Waals surface area contributed by atoms with Crippen molar-refractivity contribution in [2.75, 3.05) is 47.4 Å². The molecule has 0 saturated heterocycles. The van der Waals surface area contributed by atoms with Crippen molar-refractivity contribution >= 4 is 19.3 Å². The number of nitrogens with zero attached hydrogens (tertiary/aromatic N) is 1. The minimum atomic E-state index is -4.88. The molecule has 12 heteroatoms. The summed E-state index contributed by atoms with van der Waals surface area (Å²) < 4.78 is 37.4. The first-order chi connectivity index (χ1) is 17.5. The molecule has 11 nitrogen and oxygen atoms in total. The van der Waals surface area contributed by atoms with E-state index in [1.807, 2.05) is 6.07 Å². The zero-order chi connectivity index (χ0) is 27.3. The van der Waals surface area contributed by atoms with Crippen LogP contribution in [0.5, 0.6) is 23.0 Å². The van der Waals surface area contributed by atoms with E-state index in [-0.39, 0.29) is 23.6 Å². The van der Waals surface area contributed by atoms with Gasteiger partial charge in [0.05, 0.1) is 33.1 Å². The average molecular weight is 540 g/mol. The topological polar surface area (TPSA) is 133 Å². The molecule has 0 spiro atoms. The van der Waals surface area contributed by atoms with Crippen molar-refractivity contribution in [1.29, 1.82) is 0 Å². The molecular formula is C25H34NO10P. The molecule has 1 aliphatic carbocycles. The highest BCUT2D eigenvalue weighted by Crippen LogP contribution is 2.46. The number of anilines is 1. The molecule has 2 aromatic rings. The van der Waals surface area contributed by atoms with Crippen molar-refractivity contribution in [2.24, 2.45) is 5.92 Å². The van der Waals surface area contributed by atoms with Gasteiger partial charge in [-0.25, -0.2) is 4.57 Å². The first-order valence-electron chi connectivity index (χ1n) is 11.6. The molecule has 3 unspecified atom stereocenters. The zero-order valence-electron chi connectivity index (χ0n) is 21.8. The number of Topliss-reactive ketones (excluding diaryl/α,β-unsaturated/α-hetero) is 1. The fraction of sp³-hybridized carbons (Fsp3) is 0.480. The highest BCUT2D eigenvalue weighted by atomic mass is 31.2. The van der Waals surface area contributed by atoms with Crippen LogP contribution in [-0.2, 0) is 14.0 Å². The summed E-state index contributed by atoms with van der Waals surface area (Å²) in [6.07, 6.45) is 1.79. The summed E-state index contributed by atoms with van der Waals surface area (Å²) in [4.78, 5) is 38.9. The van der Waals surface area contributed by atoms with Gasteiger partial charge >= 0.3 is 7.82 Å². The second kappa shape index (κ2) is 12.1. The van der Waals surface area contributed by atoms with Crippen LogP contribution in [0, 0.1) is 5.92 Å². The van der Waals surface area contributed by atoms with Gasteiger partial charge in [0, 0.05) is 32.7 Å². The second-order valence-corrected chi connectivity index (χ2v) is 10.1. The van der Waals surface area contributed by atoms with E-state index in [1.165, 1.54) is 21.3 Å². The number of hydrogen-bond acceptors (Lipinski definition) is 9. The molecule has 1 saturated carbocycles. The van der Waals surface area contributed by atoms with Crippen LogP contribution in [0.1, 0.15) is 41.1 Å². The number of phosphoric acid groups is 1. The first kappa shape index (κ1) is 28.7. The number of ketones is 1. The van der Waals surface area contributed by atoms with Gasteiger partial charge in [0.1, 0.15) is 0 Å². The van der Waals surface area contributed by atoms with Gasteiger partial charge in [0.15, 0.2) is 23.0 Å². The van der Waals surface area contributed by atoms with Gasteiger partial charge in [-0.05, 0) is 55.0 Å². The summed E-state index contributed by atoms with van der Waals surface area (Å²) in [5, 5.41) is 0. The van der Waals surface area contributed by atoms with E-state index in [1.54, 1.807) is 50.4 Å². The van der Waals surface area contributed by atoms with Gasteiger partial charge in [0.25, 0.3) is 0 Å². The molecule has 1 fully saturated rings. The standard InChI is InChI=1S/C25H34NO10P/c1-26(2)20-10-7-15(11-21(20)35-36-37(28,29)30)19-14-17(31-3)8-9-18(19)24(27)16-12-22(32-4)25(34-6)23(13-16)33-5/h7,10-13,17-19H,8-9,14H2,1-6H3,(H2,28,29,30). The molecule has 0 heterocycles. The Bertz CT molecular complexity index is 1120. The molecular weight excluding hydrogens is 505 g/mol. The van der Waals surface area contributed by atoms with E-state index >= 15 is 0 Å². The molecule has 37 heavy (non-hydrogen) atoms. The lowest BCUT2D eigenvalue weighted by Crippen LogP contribution is -2.32. The molecule has 3 atom stereocenters. The SMILES string of the molecule is COc1cc(C(=O)C2CCC(OC)CC2c2ccc(N(C)C)c(OOP(=O)(O)O)c2)cc(OC)c1OC. The number of benzene rings is 2. The van der Waals surface area contributed by atoms with E-state index < -0.39 is 13.7 Å². The molecule has 2 aromatic carbocycles. The van der Waals surface area contributed by atoms with Crippen molar-refractivity contribution in [2.45, 2.75) is 31.3 Å². The third-order valence-electron chi connectivity index (χ3n) is 6.54. The van der Waals surface area contributed by atoms with E-state index in [0.29, 0.717) is 47.8 Å². The highest BCUT2D eigenvalue weighted by molar-refractivity contribution is 7.46. The van der Waals surface area contributed by atoms with E-state index in [0.717, 1.165) is 5.56 Å². The van der Waals surface area contributed by atoms with E-state index in [9.17, 15) is 9.36 Å². The summed E-state index contributed by atoms with van der Waals surface area (Å²) in [5.74, 6) is 0.510. The smallest absolute Gasteiger partial charge is 0.493 e. The first-order valence-corrected chi connectivity index (χ1v) is 13.2. The molecule has 0 amide bonds. The summed E-state index contributed by atoms with van der Waals surface area (Å²) in [6.45, 7) is 0. The highest BCUT2D eigenvalue weighted by Gasteiger charge is 2.37. The Hall–Kier alpha value is -2.82. The Labute approximate surface area is 216 Å². The molecule has 0 radical (unpaired) electrons. The monoisotopic (exact) mass is 539 g/mol. The summed E-state index contributed by atoms with van der Waals surface area (Å²) in [5.41, 5.74) is 1.72. The third kappa shape index (κ3) is 6.74. The van der Waals surface area contributed by atoms with Crippen LogP contribution in [-0.4, -0.2) is 64.2 Å². The van der Waals surface area contributed by atoms with Crippen LogP contribution < -0.4 is 24.0 Å². The summed E-state index contributed by atoms with van der Waals surface area (Å²) in [6, 6.07) is 8.55. The minimum absolute atomic E-state index is 0.0572. The van der Waals surface area contributed by atoms with Crippen molar-refractivity contribution < 1.29 is 47.7 Å². The lowest BCUT2D eigenvalue weighted by Gasteiger charge is -2.35. The van der Waals surface area contributed by atoms with Crippen molar-refractivity contribution in [3.8, 4) is 23.0 Å². The molecule has 3 rings (SSSR count). The maximum absolute atomic E-state index is 13.9. The van der Waals surface area contributed by atoms with Gasteiger partial charge in [0.2, 0.25) is 5.75 Å². The fourth-order valence-corrected chi connectivity index (χ4v) is 4.93. The van der Waals surface area contributed by atoms with Crippen LogP contribution in [0.4, 0.5) is 5.69 Å². The predicted octanol–water partition coefficient (Wildman–Crippen LogP) is 3.96. The molecule has 0 bridgehead atoms. The molecule has 2 N–H and O–H groups in total. The maximum atomic E-state index is 13.9. The number of hydrogen-bond donors (Lipinski definition) is 2. The van der Waals surface area contributed by atoms with Crippen LogP contribution in [0.3, 0.4) is 0 Å². The fourth-order valence-electron chi connectivity index (χ4n) is 4.75. The Kier molecular flexibility index (Phi) is 9.44. The Morgan fingerprint density at radius 3 is 2.11 bits per heavy atom. The Morgan fingerprint density at radius 1 is 0.946 bits per heavy atom. The lowest BCUT2D eigenvalue weighted by molar-refractivity contribution is -0.122. The number of rotatable bonds is 11. The lowest BCUT2D eigenvalue weighted by atomic mass is 9.71. The normalized spacial score (nSPS) is 19.7. The van der Waals surface area contributed by atoms with Gasteiger partial charge in [-0.3, -0.25) is 4.79 Å². The Morgan fingerprint density at radius 2 is 1.59 bits per heavy atom. The predicted molar refractivity (Wildman–Crippen MR) is 136 cm³/mol. The van der Waals surface area contributed by atoms with Crippen LogP contribution >= 0.6 is 7.82 Å². The summed E-state index contributed by atoms with van der Waals surface area (Å²) >= 11 is 0. The van der Waals surface area contributed by atoms with Crippen molar-refractivity contribution in [3.63, 3.8) is 0 Å². The Balaban J connectivity index is 2.04. The molecule has 204 valence electrons. The van der Waals surface area contributed by atoms with Gasteiger partial charge in [-0.15, -0.1) is 0 Å². The number of carbonyl (C=O) groups is 1.